The van der Waals surface area contributed by atoms with Crippen LogP contribution in [0.15, 0.2) is 36.4 Å². The first-order valence-corrected chi connectivity index (χ1v) is 9.27. The monoisotopic (exact) mass is 398 g/mol. The smallest absolute Gasteiger partial charge is 0.129 e. The molecule has 1 aliphatic rings. The maximum Gasteiger partial charge on any atom is 0.129 e. The van der Waals surface area contributed by atoms with Crippen molar-refractivity contribution in [2.45, 2.75) is 25.6 Å². The number of hydrogen-bond donors (Lipinski definition) is 1. The lowest BCUT2D eigenvalue weighted by molar-refractivity contribution is -0.0349. The van der Waals surface area contributed by atoms with Crippen LogP contribution in [0.2, 0.25) is 5.02 Å². The van der Waals surface area contributed by atoms with Gasteiger partial charge in [0.05, 0.1) is 18.8 Å². The Kier molecular flexibility index (Phi) is 6.76. The molecule has 1 aliphatic heterocycles. The van der Waals surface area contributed by atoms with E-state index < -0.39 is 11.6 Å². The van der Waals surface area contributed by atoms with E-state index in [-0.39, 0.29) is 30.1 Å². The van der Waals surface area contributed by atoms with Crippen LogP contribution in [0, 0.1) is 17.5 Å². The van der Waals surface area contributed by atoms with E-state index in [0.29, 0.717) is 36.8 Å². The Balaban J connectivity index is 1.78. The fraction of sp³-hybridized carbons (Fsp3) is 0.400. The van der Waals surface area contributed by atoms with Crippen molar-refractivity contribution < 1.29 is 17.9 Å². The van der Waals surface area contributed by atoms with E-state index in [1.165, 1.54) is 6.07 Å². The van der Waals surface area contributed by atoms with Crippen LogP contribution in [0.1, 0.15) is 24.1 Å². The largest absolute Gasteiger partial charge is 0.376 e. The Bertz CT molecular complexity index is 770. The van der Waals surface area contributed by atoms with Gasteiger partial charge in [-0.25, -0.2) is 13.2 Å². The summed E-state index contributed by atoms with van der Waals surface area (Å²) >= 11 is 6.29. The summed E-state index contributed by atoms with van der Waals surface area (Å²) in [7, 11) is 0. The Morgan fingerprint density at radius 2 is 2.04 bits per heavy atom. The van der Waals surface area contributed by atoms with Crippen molar-refractivity contribution in [3.63, 3.8) is 0 Å². The van der Waals surface area contributed by atoms with Gasteiger partial charge in [-0.15, -0.1) is 0 Å². The number of ether oxygens (including phenoxy) is 1. The summed E-state index contributed by atoms with van der Waals surface area (Å²) in [6.45, 7) is 4.24. The molecule has 1 heterocycles. The summed E-state index contributed by atoms with van der Waals surface area (Å²) < 4.78 is 47.3. The number of halogens is 4. The van der Waals surface area contributed by atoms with E-state index in [2.05, 4.69) is 10.2 Å². The highest BCUT2D eigenvalue weighted by Crippen LogP contribution is 2.31. The van der Waals surface area contributed by atoms with Crippen LogP contribution in [0.3, 0.4) is 0 Å². The lowest BCUT2D eigenvalue weighted by atomic mass is 10.0. The quantitative estimate of drug-likeness (QED) is 0.784. The third-order valence-corrected chi connectivity index (χ3v) is 5.04. The van der Waals surface area contributed by atoms with Gasteiger partial charge < -0.3 is 10.1 Å². The Labute approximate surface area is 162 Å². The first kappa shape index (κ1) is 20.1. The number of nitrogens with one attached hydrogen (secondary N) is 1. The molecule has 0 aromatic heterocycles. The van der Waals surface area contributed by atoms with Crippen molar-refractivity contribution in [2.75, 3.05) is 26.2 Å². The molecule has 27 heavy (non-hydrogen) atoms. The molecule has 146 valence electrons. The molecule has 7 heteroatoms. The lowest BCUT2D eigenvalue weighted by Crippen LogP contribution is -2.46. The molecule has 3 rings (SSSR count). The summed E-state index contributed by atoms with van der Waals surface area (Å²) in [5.41, 5.74) is 0.629. The topological polar surface area (TPSA) is 24.5 Å². The minimum absolute atomic E-state index is 0.0208. The zero-order valence-electron chi connectivity index (χ0n) is 15.0. The van der Waals surface area contributed by atoms with E-state index in [0.717, 1.165) is 18.2 Å². The molecule has 0 bridgehead atoms. The normalized spacial score (nSPS) is 19.2. The number of hydrogen-bond acceptors (Lipinski definition) is 3. The second-order valence-electron chi connectivity index (χ2n) is 6.69. The Morgan fingerprint density at radius 1 is 1.22 bits per heavy atom. The zero-order chi connectivity index (χ0) is 19.4. The van der Waals surface area contributed by atoms with Gasteiger partial charge in [-0.1, -0.05) is 17.7 Å². The predicted molar refractivity (Wildman–Crippen MR) is 99.2 cm³/mol. The van der Waals surface area contributed by atoms with Gasteiger partial charge in [0.2, 0.25) is 0 Å². The second kappa shape index (κ2) is 9.06. The highest BCUT2D eigenvalue weighted by atomic mass is 35.5. The maximum absolute atomic E-state index is 14.5. The predicted octanol–water partition coefficient (Wildman–Crippen LogP) is 4.31. The van der Waals surface area contributed by atoms with Crippen LogP contribution in [-0.2, 0) is 11.3 Å². The first-order valence-electron chi connectivity index (χ1n) is 8.90. The third kappa shape index (κ3) is 5.02. The Hall–Kier alpha value is -1.60. The van der Waals surface area contributed by atoms with Crippen LogP contribution in [0.5, 0.6) is 0 Å². The number of benzene rings is 2. The zero-order valence-corrected chi connectivity index (χ0v) is 15.8. The van der Waals surface area contributed by atoms with E-state index in [1.807, 2.05) is 6.92 Å². The average molecular weight is 399 g/mol. The number of nitrogens with zero attached hydrogens (tertiary/aromatic N) is 1. The molecule has 0 spiro atoms. The minimum atomic E-state index is -0.496. The van der Waals surface area contributed by atoms with Crippen molar-refractivity contribution in [3.05, 3.63) is 70.0 Å². The fourth-order valence-corrected chi connectivity index (χ4v) is 3.68. The molecular formula is C20H22ClF3N2O. The van der Waals surface area contributed by atoms with Gasteiger partial charge in [0.25, 0.3) is 0 Å². The molecule has 1 saturated heterocycles. The van der Waals surface area contributed by atoms with Crippen LogP contribution < -0.4 is 5.32 Å². The number of morpholine rings is 1. The molecule has 2 atom stereocenters. The molecule has 1 fully saturated rings. The average Bonchev–Trinajstić information content (AvgIpc) is 2.63. The van der Waals surface area contributed by atoms with E-state index >= 15 is 0 Å². The van der Waals surface area contributed by atoms with Gasteiger partial charge in [-0.2, -0.15) is 0 Å². The standard InChI is InChI=1S/C20H22ClF3N2O/c1-13-12-26(7-8-27-13)19(20-16(21)3-2-4-18(20)24)11-25-10-14-9-15(22)5-6-17(14)23/h2-6,9,13,19,25H,7-8,10-12H2,1H3. The molecule has 1 N–H and O–H groups in total. The minimum Gasteiger partial charge on any atom is -0.376 e. The Morgan fingerprint density at radius 3 is 2.78 bits per heavy atom. The summed E-state index contributed by atoms with van der Waals surface area (Å²) in [6, 6.07) is 7.59. The summed E-state index contributed by atoms with van der Waals surface area (Å²) in [4.78, 5) is 2.10. The molecule has 3 nitrogen and oxygen atoms in total. The molecule has 0 amide bonds. The first-order chi connectivity index (χ1) is 13.0. The van der Waals surface area contributed by atoms with Gasteiger partial charge in [0.15, 0.2) is 0 Å². The van der Waals surface area contributed by atoms with Gasteiger partial charge in [-0.05, 0) is 37.3 Å². The van der Waals surface area contributed by atoms with Crippen molar-refractivity contribution in [1.29, 1.82) is 0 Å². The van der Waals surface area contributed by atoms with Gasteiger partial charge >= 0.3 is 0 Å². The van der Waals surface area contributed by atoms with E-state index in [4.69, 9.17) is 16.3 Å². The summed E-state index contributed by atoms with van der Waals surface area (Å²) in [5, 5.41) is 3.47. The van der Waals surface area contributed by atoms with Crippen molar-refractivity contribution in [3.8, 4) is 0 Å². The molecule has 2 aromatic carbocycles. The van der Waals surface area contributed by atoms with Gasteiger partial charge in [0, 0.05) is 42.3 Å². The fourth-order valence-electron chi connectivity index (χ4n) is 3.39. The van der Waals surface area contributed by atoms with Crippen molar-refractivity contribution >= 4 is 11.6 Å². The van der Waals surface area contributed by atoms with Crippen LogP contribution >= 0.6 is 11.6 Å². The van der Waals surface area contributed by atoms with Crippen LogP contribution in [0.25, 0.3) is 0 Å². The molecule has 0 saturated carbocycles. The number of rotatable bonds is 6. The third-order valence-electron chi connectivity index (χ3n) is 4.71. The maximum atomic E-state index is 14.5. The molecule has 0 radical (unpaired) electrons. The van der Waals surface area contributed by atoms with Crippen molar-refractivity contribution in [1.82, 2.24) is 10.2 Å². The highest BCUT2D eigenvalue weighted by molar-refractivity contribution is 6.31. The molecule has 2 unspecified atom stereocenters. The lowest BCUT2D eigenvalue weighted by Gasteiger charge is -2.38. The van der Waals surface area contributed by atoms with E-state index in [1.54, 1.807) is 12.1 Å². The van der Waals surface area contributed by atoms with Crippen LogP contribution in [0.4, 0.5) is 13.2 Å². The summed E-state index contributed by atoms with van der Waals surface area (Å²) in [5.74, 6) is -1.36. The molecule has 2 aromatic rings. The van der Waals surface area contributed by atoms with E-state index in [9.17, 15) is 13.2 Å². The second-order valence-corrected chi connectivity index (χ2v) is 7.10. The highest BCUT2D eigenvalue weighted by Gasteiger charge is 2.29. The summed E-state index contributed by atoms with van der Waals surface area (Å²) in [6.07, 6.45) is 0.0208. The SMILES string of the molecule is CC1CN(C(CNCc2cc(F)ccc2F)c2c(F)cccc2Cl)CCO1. The van der Waals surface area contributed by atoms with Gasteiger partial charge in [0.1, 0.15) is 17.5 Å². The van der Waals surface area contributed by atoms with Crippen molar-refractivity contribution in [2.24, 2.45) is 0 Å². The van der Waals surface area contributed by atoms with Gasteiger partial charge in [-0.3, -0.25) is 4.90 Å². The molecular weight excluding hydrogens is 377 g/mol. The van der Waals surface area contributed by atoms with Crippen LogP contribution in [-0.4, -0.2) is 37.2 Å². The molecule has 0 aliphatic carbocycles.